The Labute approximate surface area is 158 Å². The normalized spacial score (nSPS) is 13.7. The third-order valence-corrected chi connectivity index (χ3v) is 4.49. The number of carbonyl (C=O) groups excluding carboxylic acids is 2. The number of thiocarbonyl (C=S) groups is 1. The molecule has 136 valence electrons. The molecule has 1 aliphatic heterocycles. The first kappa shape index (κ1) is 19.5. The van der Waals surface area contributed by atoms with E-state index in [1.165, 1.54) is 0 Å². The lowest BCUT2D eigenvalue weighted by molar-refractivity contribution is -0.117. The third-order valence-electron chi connectivity index (χ3n) is 3.93. The fraction of sp³-hybridized carbons (Fsp3) is 0.471. The molecule has 0 radical (unpaired) electrons. The number of nitrogens with zero attached hydrogens (tertiary/aromatic N) is 1. The molecule has 1 fully saturated rings. The highest BCUT2D eigenvalue weighted by atomic mass is 35.5. The summed E-state index contributed by atoms with van der Waals surface area (Å²) in [6.45, 7) is 3.51. The predicted octanol–water partition coefficient (Wildman–Crippen LogP) is 2.77. The highest BCUT2D eigenvalue weighted by Crippen LogP contribution is 2.30. The number of amides is 2. The maximum Gasteiger partial charge on any atom is 0.269 e. The SMILES string of the molecule is CCCCCNC(=S)NNC(=O)c1ccc(Cl)c(N2CCCC2=O)c1. The van der Waals surface area contributed by atoms with Crippen molar-refractivity contribution in [2.75, 3.05) is 18.0 Å². The second kappa shape index (κ2) is 9.58. The maximum atomic E-state index is 12.3. The predicted molar refractivity (Wildman–Crippen MR) is 104 cm³/mol. The van der Waals surface area contributed by atoms with Crippen LogP contribution in [0, 0.1) is 0 Å². The summed E-state index contributed by atoms with van der Waals surface area (Å²) in [5.41, 5.74) is 6.20. The molecule has 3 N–H and O–H groups in total. The molecular formula is C17H23ClN4O2S. The number of nitrogens with one attached hydrogen (secondary N) is 3. The van der Waals surface area contributed by atoms with Crippen molar-refractivity contribution in [1.29, 1.82) is 0 Å². The van der Waals surface area contributed by atoms with Crippen LogP contribution in [0.3, 0.4) is 0 Å². The number of hydrogen-bond acceptors (Lipinski definition) is 3. The molecule has 8 heteroatoms. The van der Waals surface area contributed by atoms with Crippen LogP contribution < -0.4 is 21.1 Å². The number of anilines is 1. The summed E-state index contributed by atoms with van der Waals surface area (Å²) in [6, 6.07) is 4.86. The van der Waals surface area contributed by atoms with Crippen LogP contribution in [-0.4, -0.2) is 30.0 Å². The lowest BCUT2D eigenvalue weighted by Gasteiger charge is -2.18. The third kappa shape index (κ3) is 5.57. The number of halogens is 1. The number of hydrogen-bond donors (Lipinski definition) is 3. The summed E-state index contributed by atoms with van der Waals surface area (Å²) < 4.78 is 0. The van der Waals surface area contributed by atoms with Gasteiger partial charge in [-0.3, -0.25) is 20.4 Å². The molecule has 25 heavy (non-hydrogen) atoms. The first-order valence-corrected chi connectivity index (χ1v) is 9.25. The second-order valence-electron chi connectivity index (χ2n) is 5.86. The van der Waals surface area contributed by atoms with Gasteiger partial charge >= 0.3 is 0 Å². The summed E-state index contributed by atoms with van der Waals surface area (Å²) in [5, 5.41) is 3.85. The zero-order chi connectivity index (χ0) is 18.2. The van der Waals surface area contributed by atoms with Gasteiger partial charge in [0.15, 0.2) is 5.11 Å². The topological polar surface area (TPSA) is 73.5 Å². The van der Waals surface area contributed by atoms with Crippen LogP contribution in [0.25, 0.3) is 0 Å². The van der Waals surface area contributed by atoms with Gasteiger partial charge in [-0.15, -0.1) is 0 Å². The smallest absolute Gasteiger partial charge is 0.269 e. The van der Waals surface area contributed by atoms with Gasteiger partial charge in [-0.25, -0.2) is 0 Å². The van der Waals surface area contributed by atoms with Crippen molar-refractivity contribution in [3.8, 4) is 0 Å². The van der Waals surface area contributed by atoms with Crippen LogP contribution in [0.5, 0.6) is 0 Å². The average Bonchev–Trinajstić information content (AvgIpc) is 3.03. The molecule has 2 amide bonds. The molecule has 0 aromatic heterocycles. The second-order valence-corrected chi connectivity index (χ2v) is 6.67. The first-order chi connectivity index (χ1) is 12.0. The Morgan fingerprint density at radius 1 is 1.32 bits per heavy atom. The van der Waals surface area contributed by atoms with E-state index >= 15 is 0 Å². The van der Waals surface area contributed by atoms with E-state index in [9.17, 15) is 9.59 Å². The van der Waals surface area contributed by atoms with E-state index in [2.05, 4.69) is 23.1 Å². The molecule has 0 atom stereocenters. The largest absolute Gasteiger partial charge is 0.361 e. The van der Waals surface area contributed by atoms with Crippen molar-refractivity contribution >= 4 is 46.4 Å². The molecule has 0 aliphatic carbocycles. The van der Waals surface area contributed by atoms with Crippen molar-refractivity contribution < 1.29 is 9.59 Å². The number of hydrazine groups is 1. The minimum Gasteiger partial charge on any atom is -0.361 e. The van der Waals surface area contributed by atoms with E-state index in [0.29, 0.717) is 34.4 Å². The van der Waals surface area contributed by atoms with Crippen LogP contribution in [0.4, 0.5) is 5.69 Å². The Morgan fingerprint density at radius 3 is 2.80 bits per heavy atom. The fourth-order valence-corrected chi connectivity index (χ4v) is 2.94. The number of carbonyl (C=O) groups is 2. The van der Waals surface area contributed by atoms with Gasteiger partial charge in [-0.2, -0.15) is 0 Å². The highest BCUT2D eigenvalue weighted by molar-refractivity contribution is 7.80. The van der Waals surface area contributed by atoms with Gasteiger partial charge in [0.2, 0.25) is 5.91 Å². The first-order valence-electron chi connectivity index (χ1n) is 8.47. The minimum absolute atomic E-state index is 0.0232. The van der Waals surface area contributed by atoms with Crippen molar-refractivity contribution in [2.24, 2.45) is 0 Å². The van der Waals surface area contributed by atoms with Crippen molar-refractivity contribution in [3.63, 3.8) is 0 Å². The summed E-state index contributed by atoms with van der Waals surface area (Å²) in [4.78, 5) is 25.8. The molecule has 1 aliphatic rings. The molecule has 6 nitrogen and oxygen atoms in total. The Bertz CT molecular complexity index is 654. The van der Waals surface area contributed by atoms with Crippen LogP contribution in [-0.2, 0) is 4.79 Å². The minimum atomic E-state index is -0.345. The summed E-state index contributed by atoms with van der Waals surface area (Å²) >= 11 is 11.3. The molecule has 1 aromatic rings. The molecule has 0 spiro atoms. The monoisotopic (exact) mass is 382 g/mol. The number of unbranched alkanes of at least 4 members (excludes halogenated alkanes) is 2. The van der Waals surface area contributed by atoms with Gasteiger partial charge in [-0.05, 0) is 43.3 Å². The average molecular weight is 383 g/mol. The van der Waals surface area contributed by atoms with E-state index in [4.69, 9.17) is 23.8 Å². The van der Waals surface area contributed by atoms with E-state index in [-0.39, 0.29) is 11.8 Å². The quantitative estimate of drug-likeness (QED) is 0.401. The van der Waals surface area contributed by atoms with Crippen molar-refractivity contribution in [2.45, 2.75) is 39.0 Å². The Morgan fingerprint density at radius 2 is 2.12 bits per heavy atom. The molecule has 1 aromatic carbocycles. The highest BCUT2D eigenvalue weighted by Gasteiger charge is 2.24. The Hall–Kier alpha value is -1.86. The van der Waals surface area contributed by atoms with Gasteiger partial charge in [0.1, 0.15) is 0 Å². The van der Waals surface area contributed by atoms with Gasteiger partial charge < -0.3 is 10.2 Å². The van der Waals surface area contributed by atoms with Crippen LogP contribution in [0.2, 0.25) is 5.02 Å². The number of rotatable bonds is 6. The van der Waals surface area contributed by atoms with E-state index < -0.39 is 0 Å². The van der Waals surface area contributed by atoms with Gasteiger partial charge in [0.25, 0.3) is 5.91 Å². The summed E-state index contributed by atoms with van der Waals surface area (Å²) in [7, 11) is 0. The van der Waals surface area contributed by atoms with E-state index in [1.807, 2.05) is 0 Å². The molecule has 1 heterocycles. The lowest BCUT2D eigenvalue weighted by atomic mass is 10.2. The van der Waals surface area contributed by atoms with Crippen molar-refractivity contribution in [1.82, 2.24) is 16.2 Å². The van der Waals surface area contributed by atoms with Crippen LogP contribution in [0.1, 0.15) is 49.4 Å². The molecule has 1 saturated heterocycles. The fourth-order valence-electron chi connectivity index (χ4n) is 2.57. The van der Waals surface area contributed by atoms with Gasteiger partial charge in [0, 0.05) is 25.1 Å². The van der Waals surface area contributed by atoms with Crippen LogP contribution in [0.15, 0.2) is 18.2 Å². The van der Waals surface area contributed by atoms with Gasteiger partial charge in [0.05, 0.1) is 10.7 Å². The Kier molecular flexibility index (Phi) is 7.46. The molecule has 0 unspecified atom stereocenters. The van der Waals surface area contributed by atoms with Crippen LogP contribution >= 0.6 is 23.8 Å². The summed E-state index contributed by atoms with van der Waals surface area (Å²) in [6.07, 6.45) is 4.59. The van der Waals surface area contributed by atoms with E-state index in [1.54, 1.807) is 23.1 Å². The number of benzene rings is 1. The molecule has 2 rings (SSSR count). The van der Waals surface area contributed by atoms with Gasteiger partial charge in [-0.1, -0.05) is 31.4 Å². The molecule has 0 bridgehead atoms. The maximum absolute atomic E-state index is 12.3. The zero-order valence-corrected chi connectivity index (χ0v) is 15.8. The van der Waals surface area contributed by atoms with Crippen molar-refractivity contribution in [3.05, 3.63) is 28.8 Å². The zero-order valence-electron chi connectivity index (χ0n) is 14.2. The lowest BCUT2D eigenvalue weighted by Crippen LogP contribution is -2.47. The standard InChI is InChI=1S/C17H23ClN4O2S/c1-2-3-4-9-19-17(25)21-20-16(24)12-7-8-13(18)14(11-12)22-10-5-6-15(22)23/h7-8,11H,2-6,9-10H2,1H3,(H,20,24)(H2,19,21,25). The molecular weight excluding hydrogens is 360 g/mol. The summed E-state index contributed by atoms with van der Waals surface area (Å²) in [5.74, 6) is -0.322. The molecule has 0 saturated carbocycles. The Balaban J connectivity index is 1.91. The van der Waals surface area contributed by atoms with E-state index in [0.717, 1.165) is 32.2 Å².